The minimum atomic E-state index is -3.56. The second-order valence-electron chi connectivity index (χ2n) is 6.80. The molecule has 0 spiro atoms. The minimum absolute atomic E-state index is 0.176. The average molecular weight is 386 g/mol. The summed E-state index contributed by atoms with van der Waals surface area (Å²) >= 11 is 0. The van der Waals surface area contributed by atoms with Crippen molar-refractivity contribution in [3.05, 3.63) is 64.7 Å². The molecule has 0 fully saturated rings. The van der Waals surface area contributed by atoms with E-state index < -0.39 is 15.8 Å². The maximum Gasteiger partial charge on any atom is 0.307 e. The third kappa shape index (κ3) is 4.83. The van der Waals surface area contributed by atoms with Gasteiger partial charge < -0.3 is 4.74 Å². The van der Waals surface area contributed by atoms with Crippen LogP contribution in [0.5, 0.6) is 0 Å². The van der Waals surface area contributed by atoms with E-state index in [1.54, 1.807) is 18.2 Å². The Morgan fingerprint density at radius 1 is 1.00 bits per heavy atom. The Labute approximate surface area is 159 Å². The Morgan fingerprint density at radius 2 is 1.70 bits per heavy atom. The van der Waals surface area contributed by atoms with Gasteiger partial charge >= 0.3 is 5.97 Å². The fraction of sp³-hybridized carbons (Fsp3) is 0.333. The second-order valence-corrected chi connectivity index (χ2v) is 8.91. The molecule has 1 aliphatic rings. The molecule has 0 amide bonds. The van der Waals surface area contributed by atoms with Gasteiger partial charge in [0.1, 0.15) is 0 Å². The average Bonchev–Trinajstić information content (AvgIpc) is 3.12. The Morgan fingerprint density at radius 3 is 2.44 bits per heavy atom. The molecule has 0 atom stereocenters. The summed E-state index contributed by atoms with van der Waals surface area (Å²) in [5.74, 6) is -1.32. The first-order chi connectivity index (χ1) is 12.8. The molecule has 0 aliphatic heterocycles. The molecule has 1 aliphatic carbocycles. The zero-order chi connectivity index (χ0) is 19.4. The maximum atomic E-state index is 12.2. The SMILES string of the molecule is Cc1ccc(S(=O)(=O)CCC(=O)OCC(=O)c2ccc3c(c2)CCC3)cc1. The van der Waals surface area contributed by atoms with Gasteiger partial charge in [0.25, 0.3) is 0 Å². The fourth-order valence-electron chi connectivity index (χ4n) is 3.13. The highest BCUT2D eigenvalue weighted by Crippen LogP contribution is 2.23. The van der Waals surface area contributed by atoms with Crippen LogP contribution in [0.15, 0.2) is 47.4 Å². The Bertz CT molecular complexity index is 959. The summed E-state index contributed by atoms with van der Waals surface area (Å²) in [7, 11) is -3.56. The van der Waals surface area contributed by atoms with Gasteiger partial charge in [0.15, 0.2) is 22.2 Å². The number of benzene rings is 2. The molecule has 142 valence electrons. The molecule has 0 aromatic heterocycles. The molecule has 5 nitrogen and oxygen atoms in total. The van der Waals surface area contributed by atoms with E-state index >= 15 is 0 Å². The monoisotopic (exact) mass is 386 g/mol. The summed E-state index contributed by atoms with van der Waals surface area (Å²) in [5, 5.41) is 0. The Balaban J connectivity index is 1.50. The van der Waals surface area contributed by atoms with Gasteiger partial charge in [0.05, 0.1) is 17.1 Å². The number of rotatable bonds is 7. The van der Waals surface area contributed by atoms with Gasteiger partial charge in [-0.3, -0.25) is 9.59 Å². The quantitative estimate of drug-likeness (QED) is 0.540. The van der Waals surface area contributed by atoms with Gasteiger partial charge in [-0.05, 0) is 55.5 Å². The van der Waals surface area contributed by atoms with Crippen molar-refractivity contribution in [3.8, 4) is 0 Å². The summed E-state index contributed by atoms with van der Waals surface area (Å²) in [4.78, 5) is 24.2. The normalized spacial score (nSPS) is 13.2. The van der Waals surface area contributed by atoms with Gasteiger partial charge in [-0.25, -0.2) is 8.42 Å². The molecule has 3 rings (SSSR count). The third-order valence-electron chi connectivity index (χ3n) is 4.74. The van der Waals surface area contributed by atoms with Crippen molar-refractivity contribution in [1.29, 1.82) is 0 Å². The molecule has 2 aromatic carbocycles. The zero-order valence-electron chi connectivity index (χ0n) is 15.2. The van der Waals surface area contributed by atoms with E-state index in [2.05, 4.69) is 0 Å². The summed E-state index contributed by atoms with van der Waals surface area (Å²) in [6.07, 6.45) is 2.81. The first-order valence-electron chi connectivity index (χ1n) is 8.95. The van der Waals surface area contributed by atoms with Crippen molar-refractivity contribution in [2.75, 3.05) is 12.4 Å². The molecule has 0 heterocycles. The van der Waals surface area contributed by atoms with Crippen LogP contribution >= 0.6 is 0 Å². The van der Waals surface area contributed by atoms with Crippen LogP contribution in [0.1, 0.15) is 39.9 Å². The van der Waals surface area contributed by atoms with E-state index in [0.717, 1.165) is 24.8 Å². The van der Waals surface area contributed by atoms with Crippen molar-refractivity contribution in [2.24, 2.45) is 0 Å². The highest BCUT2D eigenvalue weighted by Gasteiger charge is 2.19. The van der Waals surface area contributed by atoms with Crippen LogP contribution in [-0.4, -0.2) is 32.5 Å². The smallest absolute Gasteiger partial charge is 0.307 e. The van der Waals surface area contributed by atoms with Crippen molar-refractivity contribution in [1.82, 2.24) is 0 Å². The molecule has 27 heavy (non-hydrogen) atoms. The molecular formula is C21H22O5S. The van der Waals surface area contributed by atoms with E-state index in [0.29, 0.717) is 5.56 Å². The van der Waals surface area contributed by atoms with Crippen molar-refractivity contribution < 1.29 is 22.7 Å². The van der Waals surface area contributed by atoms with Gasteiger partial charge in [-0.15, -0.1) is 0 Å². The van der Waals surface area contributed by atoms with Crippen molar-refractivity contribution in [3.63, 3.8) is 0 Å². The first kappa shape index (κ1) is 19.3. The molecule has 2 aromatic rings. The molecule has 0 radical (unpaired) electrons. The summed E-state index contributed by atoms with van der Waals surface area (Å²) in [6, 6.07) is 12.0. The molecule has 6 heteroatoms. The maximum absolute atomic E-state index is 12.2. The lowest BCUT2D eigenvalue weighted by molar-refractivity contribution is -0.142. The lowest BCUT2D eigenvalue weighted by Crippen LogP contribution is -2.17. The summed E-state index contributed by atoms with van der Waals surface area (Å²) < 4.78 is 29.5. The number of aryl methyl sites for hydroxylation is 3. The van der Waals surface area contributed by atoms with E-state index in [1.807, 2.05) is 19.1 Å². The van der Waals surface area contributed by atoms with Crippen LogP contribution in [-0.2, 0) is 32.2 Å². The molecule has 0 unspecified atom stereocenters. The lowest BCUT2D eigenvalue weighted by Gasteiger charge is -2.07. The Kier molecular flexibility index (Phi) is 5.75. The number of sulfone groups is 1. The van der Waals surface area contributed by atoms with Gasteiger partial charge in [0, 0.05) is 5.56 Å². The van der Waals surface area contributed by atoms with Gasteiger partial charge in [-0.1, -0.05) is 29.8 Å². The van der Waals surface area contributed by atoms with Gasteiger partial charge in [-0.2, -0.15) is 0 Å². The van der Waals surface area contributed by atoms with Crippen LogP contribution < -0.4 is 0 Å². The van der Waals surface area contributed by atoms with E-state index in [4.69, 9.17) is 4.74 Å². The number of ether oxygens (including phenoxy) is 1. The predicted octanol–water partition coefficient (Wildman–Crippen LogP) is 3.07. The number of fused-ring (bicyclic) bond motifs is 1. The van der Waals surface area contributed by atoms with Crippen molar-refractivity contribution >= 4 is 21.6 Å². The largest absolute Gasteiger partial charge is 0.457 e. The van der Waals surface area contributed by atoms with E-state index in [9.17, 15) is 18.0 Å². The lowest BCUT2D eigenvalue weighted by atomic mass is 10.0. The van der Waals surface area contributed by atoms with E-state index in [-0.39, 0.29) is 29.5 Å². The van der Waals surface area contributed by atoms with Crippen LogP contribution in [0.3, 0.4) is 0 Å². The number of ketones is 1. The summed E-state index contributed by atoms with van der Waals surface area (Å²) in [6.45, 7) is 1.49. The molecule has 0 saturated carbocycles. The van der Waals surface area contributed by atoms with Crippen LogP contribution in [0.25, 0.3) is 0 Å². The second kappa shape index (κ2) is 8.05. The molecule has 0 N–H and O–H groups in total. The number of hydrogen-bond acceptors (Lipinski definition) is 5. The van der Waals surface area contributed by atoms with Crippen LogP contribution in [0.2, 0.25) is 0 Å². The van der Waals surface area contributed by atoms with Gasteiger partial charge in [0.2, 0.25) is 0 Å². The van der Waals surface area contributed by atoms with E-state index in [1.165, 1.54) is 23.3 Å². The zero-order valence-corrected chi connectivity index (χ0v) is 16.1. The first-order valence-corrected chi connectivity index (χ1v) is 10.6. The third-order valence-corrected chi connectivity index (χ3v) is 6.47. The number of Topliss-reactive ketones (excluding diaryl/α,β-unsaturated/α-hetero) is 1. The standard InChI is InChI=1S/C21H22O5S/c1-15-5-9-19(10-6-15)27(24,25)12-11-21(23)26-14-20(22)18-8-7-16-3-2-4-17(16)13-18/h5-10,13H,2-4,11-12,14H2,1H3. The molecule has 0 bridgehead atoms. The molecular weight excluding hydrogens is 364 g/mol. The summed E-state index contributed by atoms with van der Waals surface area (Å²) in [5.41, 5.74) is 3.93. The Hall–Kier alpha value is -2.47. The molecule has 0 saturated heterocycles. The predicted molar refractivity (Wildman–Crippen MR) is 102 cm³/mol. The fourth-order valence-corrected chi connectivity index (χ4v) is 4.35. The number of carbonyl (C=O) groups excluding carboxylic acids is 2. The number of hydrogen-bond donors (Lipinski definition) is 0. The highest BCUT2D eigenvalue weighted by atomic mass is 32.2. The topological polar surface area (TPSA) is 77.5 Å². The number of carbonyl (C=O) groups is 2. The van der Waals surface area contributed by atoms with Crippen LogP contribution in [0, 0.1) is 6.92 Å². The minimum Gasteiger partial charge on any atom is -0.457 e. The van der Waals surface area contributed by atoms with Crippen molar-refractivity contribution in [2.45, 2.75) is 37.5 Å². The van der Waals surface area contributed by atoms with Crippen LogP contribution in [0.4, 0.5) is 0 Å². The highest BCUT2D eigenvalue weighted by molar-refractivity contribution is 7.91. The number of esters is 1.